The van der Waals surface area contributed by atoms with E-state index in [0.717, 1.165) is 29.9 Å². The molecule has 0 atom stereocenters. The molecule has 0 fully saturated rings. The van der Waals surface area contributed by atoms with E-state index < -0.39 is 0 Å². The van der Waals surface area contributed by atoms with Crippen LogP contribution in [0.4, 0.5) is 17.1 Å². The van der Waals surface area contributed by atoms with E-state index in [4.69, 9.17) is 0 Å². The molecule has 2 nitrogen and oxygen atoms in total. The average molecular weight is 741 g/mol. The van der Waals surface area contributed by atoms with Crippen LogP contribution in [0.25, 0.3) is 77.6 Å². The molecule has 11 rings (SSSR count). The van der Waals surface area contributed by atoms with Gasteiger partial charge in [0, 0.05) is 33.7 Å². The largest absolute Gasteiger partial charge is 0.310 e. The van der Waals surface area contributed by atoms with Crippen molar-refractivity contribution in [3.8, 4) is 39.1 Å². The summed E-state index contributed by atoms with van der Waals surface area (Å²) in [6.45, 7) is 0. The molecule has 0 unspecified atom stereocenters. The van der Waals surface area contributed by atoms with Crippen LogP contribution < -0.4 is 4.90 Å². The van der Waals surface area contributed by atoms with Crippen molar-refractivity contribution in [3.63, 3.8) is 0 Å². The summed E-state index contributed by atoms with van der Waals surface area (Å²) in [5.41, 5.74) is 15.7. The van der Waals surface area contributed by atoms with Gasteiger partial charge in [-0.1, -0.05) is 158 Å². The summed E-state index contributed by atoms with van der Waals surface area (Å²) in [6.07, 6.45) is 6.77. The van der Waals surface area contributed by atoms with Crippen molar-refractivity contribution in [2.75, 3.05) is 4.90 Å². The van der Waals surface area contributed by atoms with Crippen molar-refractivity contribution >= 4 is 55.6 Å². The van der Waals surface area contributed by atoms with Crippen LogP contribution in [0.5, 0.6) is 0 Å². The third kappa shape index (κ3) is 5.81. The molecule has 0 aliphatic heterocycles. The Kier molecular flexibility index (Phi) is 8.33. The van der Waals surface area contributed by atoms with Crippen LogP contribution in [0.15, 0.2) is 212 Å². The summed E-state index contributed by atoms with van der Waals surface area (Å²) in [5, 5.41) is 6.43. The SMILES string of the molecule is C1=Cc2c(c3ccccc3n2-c2ccc(-c3ccccc3N(c3ccc(-c4cc5ccccc5c5ccccc45)cc3)c3cccc(-c4ccccc4)c3)cc2)CC1. The smallest absolute Gasteiger partial charge is 0.0540 e. The molecule has 0 amide bonds. The lowest BCUT2D eigenvalue weighted by atomic mass is 9.93. The number of anilines is 3. The first-order chi connectivity index (χ1) is 28.8. The number of hydrogen-bond acceptors (Lipinski definition) is 1. The Labute approximate surface area is 339 Å². The molecule has 2 heteroatoms. The zero-order chi connectivity index (χ0) is 38.4. The topological polar surface area (TPSA) is 8.17 Å². The molecule has 0 radical (unpaired) electrons. The highest BCUT2D eigenvalue weighted by atomic mass is 15.1. The predicted molar refractivity (Wildman–Crippen MR) is 247 cm³/mol. The summed E-state index contributed by atoms with van der Waals surface area (Å²) in [7, 11) is 0. The van der Waals surface area contributed by atoms with E-state index in [1.54, 1.807) is 0 Å². The number of nitrogens with zero attached hydrogens (tertiary/aromatic N) is 2. The summed E-state index contributed by atoms with van der Waals surface area (Å²) in [5.74, 6) is 0. The number of rotatable bonds is 7. The molecule has 10 aromatic rings. The van der Waals surface area contributed by atoms with Gasteiger partial charge in [0.15, 0.2) is 0 Å². The number of aryl methyl sites for hydroxylation is 1. The van der Waals surface area contributed by atoms with Crippen molar-refractivity contribution in [1.82, 2.24) is 4.57 Å². The molecule has 0 N–H and O–H groups in total. The third-order valence-corrected chi connectivity index (χ3v) is 11.9. The number of hydrogen-bond donors (Lipinski definition) is 0. The highest BCUT2D eigenvalue weighted by molar-refractivity contribution is 6.13. The summed E-state index contributed by atoms with van der Waals surface area (Å²) in [6, 6.07) is 75.3. The molecule has 274 valence electrons. The normalized spacial score (nSPS) is 12.3. The molecule has 0 saturated heterocycles. The monoisotopic (exact) mass is 740 g/mol. The minimum Gasteiger partial charge on any atom is -0.310 e. The van der Waals surface area contributed by atoms with Crippen molar-refractivity contribution < 1.29 is 0 Å². The second-order valence-corrected chi connectivity index (χ2v) is 15.2. The van der Waals surface area contributed by atoms with Gasteiger partial charge in [-0.2, -0.15) is 0 Å². The Morgan fingerprint density at radius 3 is 1.91 bits per heavy atom. The average Bonchev–Trinajstić information content (AvgIpc) is 3.64. The summed E-state index contributed by atoms with van der Waals surface area (Å²) < 4.78 is 2.43. The first-order valence-electron chi connectivity index (χ1n) is 20.2. The zero-order valence-corrected chi connectivity index (χ0v) is 32.1. The summed E-state index contributed by atoms with van der Waals surface area (Å²) >= 11 is 0. The highest BCUT2D eigenvalue weighted by Crippen LogP contribution is 2.44. The molecule has 0 saturated carbocycles. The Morgan fingerprint density at radius 1 is 0.414 bits per heavy atom. The summed E-state index contributed by atoms with van der Waals surface area (Å²) in [4.78, 5) is 2.42. The molecule has 1 heterocycles. The van der Waals surface area contributed by atoms with E-state index in [1.807, 2.05) is 0 Å². The molecule has 9 aromatic carbocycles. The first-order valence-corrected chi connectivity index (χ1v) is 20.2. The molecule has 1 aromatic heterocycles. The molecule has 1 aliphatic carbocycles. The molecule has 1 aliphatic rings. The fraction of sp³-hybridized carbons (Fsp3) is 0.0357. The molecular weight excluding hydrogens is 701 g/mol. The Bertz CT molecular complexity index is 3150. The van der Waals surface area contributed by atoms with Crippen molar-refractivity contribution in [1.29, 1.82) is 0 Å². The van der Waals surface area contributed by atoms with Crippen molar-refractivity contribution in [2.45, 2.75) is 12.8 Å². The Morgan fingerprint density at radius 2 is 1.07 bits per heavy atom. The maximum absolute atomic E-state index is 2.43. The van der Waals surface area contributed by atoms with Crippen LogP contribution in [0.3, 0.4) is 0 Å². The molecule has 0 spiro atoms. The maximum Gasteiger partial charge on any atom is 0.0540 e. The zero-order valence-electron chi connectivity index (χ0n) is 32.1. The van der Waals surface area contributed by atoms with Gasteiger partial charge in [0.25, 0.3) is 0 Å². The van der Waals surface area contributed by atoms with Gasteiger partial charge in [-0.3, -0.25) is 0 Å². The highest BCUT2D eigenvalue weighted by Gasteiger charge is 2.21. The second-order valence-electron chi connectivity index (χ2n) is 15.2. The van der Waals surface area contributed by atoms with E-state index in [-0.39, 0.29) is 0 Å². The van der Waals surface area contributed by atoms with Crippen LogP contribution in [-0.2, 0) is 6.42 Å². The fourth-order valence-electron chi connectivity index (χ4n) is 9.13. The number of para-hydroxylation sites is 2. The lowest BCUT2D eigenvalue weighted by Gasteiger charge is -2.28. The number of aromatic nitrogens is 1. The van der Waals surface area contributed by atoms with Gasteiger partial charge in [0.05, 0.1) is 11.2 Å². The second kappa shape index (κ2) is 14.3. The Hall–Kier alpha value is -7.42. The molecular formula is C56H40N2. The third-order valence-electron chi connectivity index (χ3n) is 11.9. The Balaban J connectivity index is 1.04. The van der Waals surface area contributed by atoms with Crippen LogP contribution in [0.1, 0.15) is 17.7 Å². The number of allylic oxidation sites excluding steroid dienone is 1. The van der Waals surface area contributed by atoms with E-state index in [0.29, 0.717) is 0 Å². The van der Waals surface area contributed by atoms with E-state index in [2.05, 4.69) is 228 Å². The van der Waals surface area contributed by atoms with Gasteiger partial charge in [-0.15, -0.1) is 0 Å². The molecule has 0 bridgehead atoms. The minimum atomic E-state index is 1.08. The predicted octanol–water partition coefficient (Wildman–Crippen LogP) is 15.4. The van der Waals surface area contributed by atoms with Gasteiger partial charge in [-0.25, -0.2) is 0 Å². The number of fused-ring (bicyclic) bond motifs is 6. The lowest BCUT2D eigenvalue weighted by Crippen LogP contribution is -2.11. The van der Waals surface area contributed by atoms with Crippen LogP contribution >= 0.6 is 0 Å². The van der Waals surface area contributed by atoms with Gasteiger partial charge in [0.2, 0.25) is 0 Å². The van der Waals surface area contributed by atoms with Crippen molar-refractivity contribution in [3.05, 3.63) is 224 Å². The van der Waals surface area contributed by atoms with Crippen LogP contribution in [0.2, 0.25) is 0 Å². The van der Waals surface area contributed by atoms with E-state index in [9.17, 15) is 0 Å². The number of benzene rings is 9. The van der Waals surface area contributed by atoms with Gasteiger partial charge in [0.1, 0.15) is 0 Å². The van der Waals surface area contributed by atoms with Crippen LogP contribution in [0, 0.1) is 0 Å². The van der Waals surface area contributed by atoms with Gasteiger partial charge in [-0.05, 0) is 128 Å². The maximum atomic E-state index is 2.43. The molecule has 58 heavy (non-hydrogen) atoms. The van der Waals surface area contributed by atoms with Gasteiger partial charge < -0.3 is 9.47 Å². The fourth-order valence-corrected chi connectivity index (χ4v) is 9.13. The van der Waals surface area contributed by atoms with Crippen molar-refractivity contribution in [2.24, 2.45) is 0 Å². The quantitative estimate of drug-likeness (QED) is 0.148. The van der Waals surface area contributed by atoms with Crippen LogP contribution in [-0.4, -0.2) is 4.57 Å². The van der Waals surface area contributed by atoms with Gasteiger partial charge >= 0.3 is 0 Å². The van der Waals surface area contributed by atoms with E-state index in [1.165, 1.54) is 82.8 Å². The lowest BCUT2D eigenvalue weighted by molar-refractivity contribution is 0.967. The standard InChI is InChI=1S/C56H40N2/c1-2-15-39(16-3-1)42-18-14-19-46(37-42)57(44-33-31-41(32-34-44)53-38-43-17-4-5-20-47(43)49-22-6-7-23-50(49)53)54-26-11-8-21-48(54)40-29-35-45(36-30-40)58-55-27-12-9-24-51(55)52-25-10-13-28-56(52)58/h1-9,11-24,26-38H,10,25H2. The first kappa shape index (κ1) is 33.9. The van der Waals surface area contributed by atoms with E-state index >= 15 is 0 Å². The minimum absolute atomic E-state index is 1.08.